The van der Waals surface area contributed by atoms with E-state index in [1.807, 2.05) is 47.0 Å². The van der Waals surface area contributed by atoms with Crippen LogP contribution in [0.3, 0.4) is 0 Å². The van der Waals surface area contributed by atoms with Gasteiger partial charge in [0.25, 0.3) is 0 Å². The smallest absolute Gasteiger partial charge is 0.341 e. The Morgan fingerprint density at radius 3 is 2.58 bits per heavy atom. The summed E-state index contributed by atoms with van der Waals surface area (Å²) in [6, 6.07) is 14.5. The first-order chi connectivity index (χ1) is 12.6. The van der Waals surface area contributed by atoms with Crippen LogP contribution in [0.15, 0.2) is 54.7 Å². The molecule has 5 nitrogen and oxygen atoms in total. The Morgan fingerprint density at radius 1 is 1.12 bits per heavy atom. The molecule has 0 fully saturated rings. The van der Waals surface area contributed by atoms with E-state index in [9.17, 15) is 9.59 Å². The number of carbonyl (C=O) groups is 2. The van der Waals surface area contributed by atoms with Crippen molar-refractivity contribution in [3.05, 3.63) is 70.7 Å². The number of anilines is 1. The molecule has 1 aromatic carbocycles. The Balaban J connectivity index is 1.99. The molecule has 0 saturated carbocycles. The van der Waals surface area contributed by atoms with E-state index in [1.165, 1.54) is 11.3 Å². The number of nitrogens with two attached hydrogens (primary N) is 1. The molecule has 0 saturated heterocycles. The summed E-state index contributed by atoms with van der Waals surface area (Å²) in [5.41, 5.74) is 9.14. The van der Waals surface area contributed by atoms with Crippen molar-refractivity contribution in [3.63, 3.8) is 0 Å². The number of benzene rings is 1. The lowest BCUT2D eigenvalue weighted by molar-refractivity contribution is 0.0531. The molecular formula is C20H16N2O3S. The lowest BCUT2D eigenvalue weighted by Gasteiger charge is -2.03. The summed E-state index contributed by atoms with van der Waals surface area (Å²) in [4.78, 5) is 25.9. The first kappa shape index (κ1) is 16.4. The fraction of sp³-hybridized carbons (Fsp3) is 0.100. The van der Waals surface area contributed by atoms with Gasteiger partial charge in [-0.05, 0) is 19.1 Å². The molecule has 0 amide bonds. The second-order valence-electron chi connectivity index (χ2n) is 5.77. The molecule has 26 heavy (non-hydrogen) atoms. The lowest BCUT2D eigenvalue weighted by atomic mass is 10.1. The third kappa shape index (κ3) is 2.38. The number of thiophene rings is 1. The Labute approximate surface area is 153 Å². The Hall–Kier alpha value is -3.12. The van der Waals surface area contributed by atoms with Crippen molar-refractivity contribution in [1.82, 2.24) is 4.40 Å². The lowest BCUT2D eigenvalue weighted by Crippen LogP contribution is -2.04. The SMILES string of the molecule is CCOC(=O)c1c2sc(C(=O)c3ccccc3)c(N)c2n2ccccc12. The van der Waals surface area contributed by atoms with Gasteiger partial charge in [0, 0.05) is 11.8 Å². The van der Waals surface area contributed by atoms with Crippen LogP contribution in [0.2, 0.25) is 0 Å². The molecule has 0 unspecified atom stereocenters. The summed E-state index contributed by atoms with van der Waals surface area (Å²) in [5, 5.41) is 0. The number of rotatable bonds is 4. The number of nitrogen functional groups attached to an aromatic ring is 1. The molecule has 0 aliphatic heterocycles. The first-order valence-corrected chi connectivity index (χ1v) is 9.03. The maximum Gasteiger partial charge on any atom is 0.341 e. The maximum absolute atomic E-state index is 12.9. The average molecular weight is 364 g/mol. The number of pyridine rings is 1. The van der Waals surface area contributed by atoms with E-state index in [0.717, 1.165) is 5.52 Å². The molecule has 0 aliphatic rings. The predicted octanol–water partition coefficient (Wildman–Crippen LogP) is 4.14. The molecule has 3 aromatic heterocycles. The molecule has 3 heterocycles. The second-order valence-corrected chi connectivity index (χ2v) is 6.79. The van der Waals surface area contributed by atoms with Crippen molar-refractivity contribution in [2.24, 2.45) is 0 Å². The van der Waals surface area contributed by atoms with Crippen LogP contribution >= 0.6 is 11.3 Å². The summed E-state index contributed by atoms with van der Waals surface area (Å²) in [6.07, 6.45) is 1.83. The highest BCUT2D eigenvalue weighted by molar-refractivity contribution is 7.22. The molecule has 130 valence electrons. The van der Waals surface area contributed by atoms with Crippen molar-refractivity contribution in [2.75, 3.05) is 12.3 Å². The molecule has 4 rings (SSSR count). The molecular weight excluding hydrogens is 348 g/mol. The van der Waals surface area contributed by atoms with Gasteiger partial charge in [0.1, 0.15) is 10.4 Å². The number of ether oxygens (including phenoxy) is 1. The monoisotopic (exact) mass is 364 g/mol. The summed E-state index contributed by atoms with van der Waals surface area (Å²) < 4.78 is 7.74. The van der Waals surface area contributed by atoms with E-state index in [-0.39, 0.29) is 12.4 Å². The third-order valence-corrected chi connectivity index (χ3v) is 5.44. The topological polar surface area (TPSA) is 73.8 Å². The van der Waals surface area contributed by atoms with Gasteiger partial charge in [-0.2, -0.15) is 0 Å². The molecule has 0 spiro atoms. The summed E-state index contributed by atoms with van der Waals surface area (Å²) >= 11 is 1.24. The largest absolute Gasteiger partial charge is 0.462 e. The van der Waals surface area contributed by atoms with Gasteiger partial charge in [0.2, 0.25) is 5.78 Å². The maximum atomic E-state index is 12.9. The number of aromatic nitrogens is 1. The van der Waals surface area contributed by atoms with Crippen molar-refractivity contribution < 1.29 is 14.3 Å². The highest BCUT2D eigenvalue weighted by atomic mass is 32.1. The van der Waals surface area contributed by atoms with Crippen LogP contribution in [0.1, 0.15) is 32.5 Å². The molecule has 0 aliphatic carbocycles. The fourth-order valence-corrected chi connectivity index (χ4v) is 4.31. The van der Waals surface area contributed by atoms with E-state index in [0.29, 0.717) is 31.9 Å². The van der Waals surface area contributed by atoms with Crippen LogP contribution in [0.4, 0.5) is 5.69 Å². The molecule has 6 heteroatoms. The van der Waals surface area contributed by atoms with Crippen LogP contribution in [0.25, 0.3) is 15.7 Å². The number of esters is 1. The van der Waals surface area contributed by atoms with Crippen molar-refractivity contribution >= 4 is 44.5 Å². The number of hydrogen-bond acceptors (Lipinski definition) is 5. The third-order valence-electron chi connectivity index (χ3n) is 4.22. The van der Waals surface area contributed by atoms with Gasteiger partial charge in [-0.1, -0.05) is 36.4 Å². The zero-order valence-corrected chi connectivity index (χ0v) is 14.9. The van der Waals surface area contributed by atoms with E-state index in [2.05, 4.69) is 0 Å². The molecule has 2 N–H and O–H groups in total. The minimum Gasteiger partial charge on any atom is -0.462 e. The van der Waals surface area contributed by atoms with Crippen LogP contribution < -0.4 is 5.73 Å². The number of carbonyl (C=O) groups excluding carboxylic acids is 2. The zero-order chi connectivity index (χ0) is 18.3. The predicted molar refractivity (Wildman–Crippen MR) is 103 cm³/mol. The zero-order valence-electron chi connectivity index (χ0n) is 14.1. The van der Waals surface area contributed by atoms with E-state index >= 15 is 0 Å². The summed E-state index contributed by atoms with van der Waals surface area (Å²) in [5.74, 6) is -0.560. The fourth-order valence-electron chi connectivity index (χ4n) is 3.09. The average Bonchev–Trinajstić information content (AvgIpc) is 3.16. The van der Waals surface area contributed by atoms with Crippen LogP contribution in [-0.2, 0) is 4.74 Å². The minimum absolute atomic E-state index is 0.149. The molecule has 0 atom stereocenters. The van der Waals surface area contributed by atoms with Crippen molar-refractivity contribution in [3.8, 4) is 0 Å². The van der Waals surface area contributed by atoms with Gasteiger partial charge in [0.05, 0.1) is 28.0 Å². The van der Waals surface area contributed by atoms with Crippen molar-refractivity contribution in [1.29, 1.82) is 0 Å². The quantitative estimate of drug-likeness (QED) is 0.436. The van der Waals surface area contributed by atoms with Crippen LogP contribution in [0, 0.1) is 0 Å². The van der Waals surface area contributed by atoms with Crippen LogP contribution in [-0.4, -0.2) is 22.8 Å². The summed E-state index contributed by atoms with van der Waals surface area (Å²) in [6.45, 7) is 2.04. The van der Waals surface area contributed by atoms with Gasteiger partial charge in [-0.25, -0.2) is 4.79 Å². The molecule has 4 aromatic rings. The van der Waals surface area contributed by atoms with E-state index in [1.54, 1.807) is 19.1 Å². The van der Waals surface area contributed by atoms with Gasteiger partial charge in [-0.15, -0.1) is 11.3 Å². The molecule has 0 bridgehead atoms. The van der Waals surface area contributed by atoms with E-state index in [4.69, 9.17) is 10.5 Å². The first-order valence-electron chi connectivity index (χ1n) is 8.21. The Kier molecular flexibility index (Phi) is 3.97. The van der Waals surface area contributed by atoms with E-state index < -0.39 is 5.97 Å². The number of nitrogens with zero attached hydrogens (tertiary/aromatic N) is 1. The van der Waals surface area contributed by atoms with Gasteiger partial charge in [0.15, 0.2) is 0 Å². The Morgan fingerprint density at radius 2 is 1.85 bits per heavy atom. The highest BCUT2D eigenvalue weighted by Crippen LogP contribution is 2.40. The van der Waals surface area contributed by atoms with Gasteiger partial charge in [-0.3, -0.25) is 4.79 Å². The van der Waals surface area contributed by atoms with Crippen molar-refractivity contribution in [2.45, 2.75) is 6.92 Å². The minimum atomic E-state index is -0.411. The number of ketones is 1. The normalized spacial score (nSPS) is 11.1. The van der Waals surface area contributed by atoms with Crippen LogP contribution in [0.5, 0.6) is 0 Å². The summed E-state index contributed by atoms with van der Waals surface area (Å²) in [7, 11) is 0. The highest BCUT2D eigenvalue weighted by Gasteiger charge is 2.27. The Bertz CT molecular complexity index is 1140. The standard InChI is InChI=1S/C20H16N2O3S/c1-2-25-20(24)14-13-10-6-7-11-22(13)16-15(21)19(26-18(14)16)17(23)12-8-4-3-5-9-12/h3-11H,2,21H2,1H3. The van der Waals surface area contributed by atoms with Gasteiger partial charge >= 0.3 is 5.97 Å². The number of fused-ring (bicyclic) bond motifs is 3. The van der Waals surface area contributed by atoms with Gasteiger partial charge < -0.3 is 14.9 Å². The molecule has 0 radical (unpaired) electrons. The number of hydrogen-bond donors (Lipinski definition) is 1. The second kappa shape index (κ2) is 6.31.